The molecule has 10 heteroatoms. The van der Waals surface area contributed by atoms with Gasteiger partial charge < -0.3 is 29.8 Å². The van der Waals surface area contributed by atoms with Crippen molar-refractivity contribution >= 4 is 34.2 Å². The minimum Gasteiger partial charge on any atom is -0.504 e. The molecule has 0 fully saturated rings. The third-order valence-electron chi connectivity index (χ3n) is 4.03. The Bertz CT molecular complexity index is 921. The number of ether oxygens (including phenoxy) is 4. The Morgan fingerprint density at radius 2 is 1.79 bits per heavy atom. The van der Waals surface area contributed by atoms with Crippen molar-refractivity contribution in [2.24, 2.45) is 0 Å². The second kappa shape index (κ2) is 9.78. The maximum Gasteiger partial charge on any atom is 0.348 e. The van der Waals surface area contributed by atoms with Crippen LogP contribution >= 0.6 is 11.3 Å². The summed E-state index contributed by atoms with van der Waals surface area (Å²) in [7, 11) is 3.81. The number of phenols is 1. The predicted molar refractivity (Wildman–Crippen MR) is 104 cm³/mol. The smallest absolute Gasteiger partial charge is 0.348 e. The molecule has 0 atom stereocenters. The van der Waals surface area contributed by atoms with Gasteiger partial charge in [-0.25, -0.2) is 9.59 Å². The number of methoxy groups -OCH3 is 3. The fourth-order valence-electron chi connectivity index (χ4n) is 2.57. The summed E-state index contributed by atoms with van der Waals surface area (Å²) in [6.07, 6.45) is 0.336. The number of hydrogen-bond acceptors (Lipinski definition) is 10. The molecule has 0 amide bonds. The van der Waals surface area contributed by atoms with E-state index >= 15 is 0 Å². The van der Waals surface area contributed by atoms with Crippen molar-refractivity contribution in [3.05, 3.63) is 39.8 Å². The maximum atomic E-state index is 12.1. The van der Waals surface area contributed by atoms with Gasteiger partial charge in [-0.05, 0) is 24.1 Å². The van der Waals surface area contributed by atoms with Gasteiger partial charge in [-0.2, -0.15) is 0 Å². The molecular formula is C19H21NO8S. The number of rotatable bonds is 8. The second-order valence-corrected chi connectivity index (χ2v) is 6.85. The molecule has 0 saturated heterocycles. The third-order valence-corrected chi connectivity index (χ3v) is 5.07. The van der Waals surface area contributed by atoms with Crippen LogP contribution in [0.3, 0.4) is 0 Å². The molecule has 0 aliphatic heterocycles. The summed E-state index contributed by atoms with van der Waals surface area (Å²) in [6, 6.07) is 4.81. The molecule has 0 unspecified atom stereocenters. The molecule has 0 aliphatic carbocycles. The average Bonchev–Trinajstić information content (AvgIpc) is 3.05. The van der Waals surface area contributed by atoms with Crippen LogP contribution < -0.4 is 10.5 Å². The molecule has 0 spiro atoms. The van der Waals surface area contributed by atoms with Gasteiger partial charge in [0, 0.05) is 12.0 Å². The number of nitrogens with two attached hydrogens (primary N) is 1. The van der Waals surface area contributed by atoms with Gasteiger partial charge in [0.1, 0.15) is 22.0 Å². The van der Waals surface area contributed by atoms with Gasteiger partial charge >= 0.3 is 17.9 Å². The lowest BCUT2D eigenvalue weighted by molar-refractivity contribution is -0.144. The molecule has 3 N–H and O–H groups in total. The van der Waals surface area contributed by atoms with E-state index in [-0.39, 0.29) is 39.8 Å². The lowest BCUT2D eigenvalue weighted by atomic mass is 10.1. The molecule has 0 radical (unpaired) electrons. The predicted octanol–water partition coefficient (Wildman–Crippen LogP) is 2.29. The Morgan fingerprint density at radius 3 is 2.38 bits per heavy atom. The van der Waals surface area contributed by atoms with Crippen molar-refractivity contribution < 1.29 is 38.4 Å². The third kappa shape index (κ3) is 5.17. The fourth-order valence-corrected chi connectivity index (χ4v) is 3.55. The van der Waals surface area contributed by atoms with Gasteiger partial charge in [0.25, 0.3) is 0 Å². The lowest BCUT2D eigenvalue weighted by Gasteiger charge is -2.09. The largest absolute Gasteiger partial charge is 0.504 e. The van der Waals surface area contributed by atoms with Crippen LogP contribution in [0, 0.1) is 0 Å². The second-order valence-electron chi connectivity index (χ2n) is 5.80. The monoisotopic (exact) mass is 423 g/mol. The van der Waals surface area contributed by atoms with Gasteiger partial charge in [-0.3, -0.25) is 4.79 Å². The Morgan fingerprint density at radius 1 is 1.10 bits per heavy atom. The van der Waals surface area contributed by atoms with Crippen molar-refractivity contribution in [2.45, 2.75) is 19.4 Å². The van der Waals surface area contributed by atoms with Crippen LogP contribution in [0.1, 0.15) is 37.6 Å². The van der Waals surface area contributed by atoms with Crippen molar-refractivity contribution in [3.8, 4) is 11.5 Å². The number of phenolic OH excluding ortho intramolecular Hbond substituents is 1. The number of aryl methyl sites for hydroxylation is 1. The molecule has 1 heterocycles. The molecule has 1 aromatic heterocycles. The van der Waals surface area contributed by atoms with Crippen LogP contribution in [-0.2, 0) is 32.0 Å². The molecule has 0 bridgehead atoms. The first kappa shape index (κ1) is 22.0. The molecule has 9 nitrogen and oxygen atoms in total. The highest BCUT2D eigenvalue weighted by atomic mass is 32.1. The Hall–Kier alpha value is -3.27. The Labute approximate surface area is 170 Å². The quantitative estimate of drug-likeness (QED) is 0.484. The number of thiophene rings is 1. The Kier molecular flexibility index (Phi) is 7.43. The van der Waals surface area contributed by atoms with Crippen LogP contribution in [0.5, 0.6) is 11.5 Å². The van der Waals surface area contributed by atoms with Gasteiger partial charge in [-0.15, -0.1) is 11.3 Å². The molecule has 2 rings (SSSR count). The van der Waals surface area contributed by atoms with Crippen LogP contribution in [0.15, 0.2) is 18.2 Å². The highest BCUT2D eigenvalue weighted by molar-refractivity contribution is 7.18. The highest BCUT2D eigenvalue weighted by Gasteiger charge is 2.28. The number of anilines is 1. The van der Waals surface area contributed by atoms with Gasteiger partial charge in [0.2, 0.25) is 0 Å². The lowest BCUT2D eigenvalue weighted by Crippen LogP contribution is -2.13. The number of carbonyl (C=O) groups excluding carboxylic acids is 3. The zero-order valence-electron chi connectivity index (χ0n) is 16.1. The average molecular weight is 423 g/mol. The number of esters is 3. The molecule has 156 valence electrons. The summed E-state index contributed by atoms with van der Waals surface area (Å²) in [6.45, 7) is -0.338. The Balaban J connectivity index is 2.08. The van der Waals surface area contributed by atoms with Gasteiger partial charge in [0.05, 0.1) is 21.3 Å². The van der Waals surface area contributed by atoms with E-state index in [4.69, 9.17) is 19.9 Å². The highest BCUT2D eigenvalue weighted by Crippen LogP contribution is 2.33. The first-order valence-electron chi connectivity index (χ1n) is 8.41. The van der Waals surface area contributed by atoms with E-state index in [1.807, 2.05) is 0 Å². The van der Waals surface area contributed by atoms with E-state index in [1.54, 1.807) is 12.1 Å². The van der Waals surface area contributed by atoms with Gasteiger partial charge in [-0.1, -0.05) is 6.07 Å². The van der Waals surface area contributed by atoms with Crippen LogP contribution in [0.4, 0.5) is 5.00 Å². The first-order chi connectivity index (χ1) is 13.8. The van der Waals surface area contributed by atoms with Crippen molar-refractivity contribution in [1.82, 2.24) is 0 Å². The summed E-state index contributed by atoms with van der Waals surface area (Å²) < 4.78 is 19.6. The fraction of sp³-hybridized carbons (Fsp3) is 0.316. The van der Waals surface area contributed by atoms with E-state index in [0.29, 0.717) is 17.7 Å². The molecule has 29 heavy (non-hydrogen) atoms. The normalized spacial score (nSPS) is 10.3. The number of aromatic hydroxyl groups is 1. The standard InChI is InChI=1S/C19H21NO8S/c1-25-13-6-4-10(8-12(13)21)5-7-14(22)28-9-11-15(18(23)26-2)17(20)29-16(11)19(24)27-3/h4,6,8,21H,5,7,9,20H2,1-3H3. The van der Waals surface area contributed by atoms with E-state index < -0.39 is 17.9 Å². The van der Waals surface area contributed by atoms with Crippen molar-refractivity contribution in [2.75, 3.05) is 27.1 Å². The summed E-state index contributed by atoms with van der Waals surface area (Å²) >= 11 is 0.856. The summed E-state index contributed by atoms with van der Waals surface area (Å²) in [5, 5.41) is 9.85. The van der Waals surface area contributed by atoms with Crippen LogP contribution in [0.2, 0.25) is 0 Å². The number of carbonyl (C=O) groups is 3. The van der Waals surface area contributed by atoms with Crippen LogP contribution in [0.25, 0.3) is 0 Å². The summed E-state index contributed by atoms with van der Waals surface area (Å²) in [5.41, 5.74) is 6.66. The molecular weight excluding hydrogens is 402 g/mol. The topological polar surface area (TPSA) is 134 Å². The first-order valence-corrected chi connectivity index (χ1v) is 9.23. The molecule has 0 saturated carbocycles. The number of nitrogen functional groups attached to an aromatic ring is 1. The van der Waals surface area contributed by atoms with Crippen molar-refractivity contribution in [3.63, 3.8) is 0 Å². The van der Waals surface area contributed by atoms with E-state index in [2.05, 4.69) is 4.74 Å². The minimum atomic E-state index is -0.742. The maximum absolute atomic E-state index is 12.1. The zero-order chi connectivity index (χ0) is 21.6. The summed E-state index contributed by atoms with van der Waals surface area (Å²) in [5.74, 6) is -1.70. The van der Waals surface area contributed by atoms with E-state index in [0.717, 1.165) is 11.3 Å². The minimum absolute atomic E-state index is 0.0203. The van der Waals surface area contributed by atoms with E-state index in [9.17, 15) is 19.5 Å². The molecule has 2 aromatic rings. The van der Waals surface area contributed by atoms with Crippen LogP contribution in [-0.4, -0.2) is 44.3 Å². The van der Waals surface area contributed by atoms with Gasteiger partial charge in [0.15, 0.2) is 11.5 Å². The van der Waals surface area contributed by atoms with Crippen molar-refractivity contribution in [1.29, 1.82) is 0 Å². The number of hydrogen-bond donors (Lipinski definition) is 2. The molecule has 0 aliphatic rings. The zero-order valence-corrected chi connectivity index (χ0v) is 17.0. The number of benzene rings is 1. The summed E-state index contributed by atoms with van der Waals surface area (Å²) in [4.78, 5) is 36.2. The van der Waals surface area contributed by atoms with E-state index in [1.165, 1.54) is 27.4 Å². The SMILES string of the molecule is COC(=O)c1sc(N)c(C(=O)OC)c1COC(=O)CCc1ccc(OC)c(O)c1. The molecule has 1 aromatic carbocycles.